The summed E-state index contributed by atoms with van der Waals surface area (Å²) >= 11 is 0. The van der Waals surface area contributed by atoms with Gasteiger partial charge in [-0.1, -0.05) is 6.07 Å². The van der Waals surface area contributed by atoms with Crippen LogP contribution in [0.25, 0.3) is 0 Å². The summed E-state index contributed by atoms with van der Waals surface area (Å²) < 4.78 is 12.5. The number of amides is 1. The molecule has 1 N–H and O–H groups in total. The Hall–Kier alpha value is -1.38. The largest absolute Gasteiger partial charge is 0.326 e. The van der Waals surface area contributed by atoms with Crippen LogP contribution in [0, 0.1) is 5.82 Å². The Balaban J connectivity index is 2.79. The van der Waals surface area contributed by atoms with E-state index in [1.807, 2.05) is 0 Å². The van der Waals surface area contributed by atoms with E-state index < -0.39 is 0 Å². The van der Waals surface area contributed by atoms with Crippen LogP contribution in [-0.2, 0) is 4.79 Å². The van der Waals surface area contributed by atoms with Gasteiger partial charge in [0.1, 0.15) is 5.82 Å². The van der Waals surface area contributed by atoms with Crippen LogP contribution >= 0.6 is 0 Å². The van der Waals surface area contributed by atoms with Crippen molar-refractivity contribution in [3.8, 4) is 0 Å². The molecule has 1 aromatic rings. The molecule has 0 unspecified atom stereocenters. The fraction of sp³-hybridized carbons (Fsp3) is 0.125. The molecule has 1 aromatic carbocycles. The van der Waals surface area contributed by atoms with Gasteiger partial charge in [-0.15, -0.1) is 0 Å². The zero-order valence-electron chi connectivity index (χ0n) is 6.10. The predicted octanol–water partition coefficient (Wildman–Crippen LogP) is 1.78. The van der Waals surface area contributed by atoms with Gasteiger partial charge in [0, 0.05) is 12.6 Å². The maximum Gasteiger partial charge on any atom is 0.221 e. The lowest BCUT2D eigenvalue weighted by Crippen LogP contribution is -2.05. The predicted molar refractivity (Wildman–Crippen MR) is 40.7 cm³/mol. The quantitative estimate of drug-likeness (QED) is 0.654. The van der Waals surface area contributed by atoms with Gasteiger partial charge in [0.25, 0.3) is 0 Å². The number of hydrogen-bond donors (Lipinski definition) is 1. The summed E-state index contributed by atoms with van der Waals surface area (Å²) in [5.74, 6) is -0.549. The molecule has 0 bridgehead atoms. The monoisotopic (exact) mass is 153 g/mol. The lowest BCUT2D eigenvalue weighted by atomic mass is 10.3. The number of benzene rings is 1. The molecule has 1 amide bonds. The molecule has 0 aromatic heterocycles. The number of rotatable bonds is 1. The van der Waals surface area contributed by atoms with E-state index in [1.165, 1.54) is 19.1 Å². The van der Waals surface area contributed by atoms with Gasteiger partial charge < -0.3 is 5.32 Å². The Morgan fingerprint density at radius 2 is 2.27 bits per heavy atom. The third-order valence-electron chi connectivity index (χ3n) is 1.14. The maximum atomic E-state index is 12.5. The molecule has 0 atom stereocenters. The molecular weight excluding hydrogens is 145 g/mol. The van der Waals surface area contributed by atoms with Gasteiger partial charge in [0.2, 0.25) is 5.91 Å². The Kier molecular flexibility index (Phi) is 2.21. The molecule has 0 spiro atoms. The first-order chi connectivity index (χ1) is 5.18. The van der Waals surface area contributed by atoms with Crippen LogP contribution in [0.4, 0.5) is 10.1 Å². The highest BCUT2D eigenvalue weighted by atomic mass is 19.1. The lowest BCUT2D eigenvalue weighted by molar-refractivity contribution is -0.114. The molecule has 2 nitrogen and oxygen atoms in total. The summed E-state index contributed by atoms with van der Waals surface area (Å²) in [6.07, 6.45) is 0. The number of anilines is 1. The van der Waals surface area contributed by atoms with Crippen LogP contribution in [0.2, 0.25) is 0 Å². The van der Waals surface area contributed by atoms with Gasteiger partial charge in [-0.25, -0.2) is 4.39 Å². The maximum absolute atomic E-state index is 12.5. The van der Waals surface area contributed by atoms with Crippen molar-refractivity contribution in [1.82, 2.24) is 0 Å². The number of carbonyl (C=O) groups excluding carboxylic acids is 1. The van der Waals surface area contributed by atoms with Gasteiger partial charge in [-0.05, 0) is 18.2 Å². The number of carbonyl (C=O) groups is 1. The Labute approximate surface area is 64.0 Å². The lowest BCUT2D eigenvalue weighted by Gasteiger charge is -1.99. The fourth-order valence-electron chi connectivity index (χ4n) is 0.769. The van der Waals surface area contributed by atoms with Crippen molar-refractivity contribution in [3.63, 3.8) is 0 Å². The van der Waals surface area contributed by atoms with Crippen molar-refractivity contribution in [3.05, 3.63) is 30.1 Å². The third kappa shape index (κ3) is 2.37. The Morgan fingerprint density at radius 1 is 1.55 bits per heavy atom. The molecular formula is C8H8FNO. The first kappa shape index (κ1) is 7.72. The standard InChI is InChI=1S/C8H8FNO/c1-6(11)10-8-4-2-3-7(9)5-8/h2-5H,1H3,(H,10,11). The molecule has 3 heteroatoms. The molecule has 0 fully saturated rings. The van der Waals surface area contributed by atoms with Gasteiger partial charge in [-0.2, -0.15) is 0 Å². The zero-order valence-corrected chi connectivity index (χ0v) is 6.10. The topological polar surface area (TPSA) is 29.1 Å². The van der Waals surface area contributed by atoms with Crippen LogP contribution in [0.5, 0.6) is 0 Å². The molecule has 0 saturated carbocycles. The summed E-state index contributed by atoms with van der Waals surface area (Å²) in [5, 5.41) is 2.47. The van der Waals surface area contributed by atoms with Gasteiger partial charge in [-0.3, -0.25) is 4.79 Å². The summed E-state index contributed by atoms with van der Waals surface area (Å²) in [4.78, 5) is 10.5. The summed E-state index contributed by atoms with van der Waals surface area (Å²) in [6, 6.07) is 5.76. The Morgan fingerprint density at radius 3 is 2.82 bits per heavy atom. The second-order valence-corrected chi connectivity index (χ2v) is 2.19. The van der Waals surface area contributed by atoms with E-state index >= 15 is 0 Å². The average molecular weight is 153 g/mol. The normalized spacial score (nSPS) is 9.27. The molecule has 0 aliphatic carbocycles. The second-order valence-electron chi connectivity index (χ2n) is 2.19. The molecule has 0 heterocycles. The summed E-state index contributed by atoms with van der Waals surface area (Å²) in [7, 11) is 0. The SMILES string of the molecule is CC(=O)Nc1cccc(F)c1. The van der Waals surface area contributed by atoms with Crippen molar-refractivity contribution >= 4 is 11.6 Å². The Bertz CT molecular complexity index is 273. The number of nitrogens with one attached hydrogen (secondary N) is 1. The highest BCUT2D eigenvalue weighted by Crippen LogP contribution is 2.08. The van der Waals surface area contributed by atoms with Gasteiger partial charge >= 0.3 is 0 Å². The number of hydrogen-bond acceptors (Lipinski definition) is 1. The molecule has 58 valence electrons. The molecule has 0 aliphatic heterocycles. The summed E-state index contributed by atoms with van der Waals surface area (Å²) in [5.41, 5.74) is 0.484. The molecule has 0 saturated heterocycles. The summed E-state index contributed by atoms with van der Waals surface area (Å²) in [6.45, 7) is 1.38. The van der Waals surface area contributed by atoms with Crippen LogP contribution in [-0.4, -0.2) is 5.91 Å². The molecule has 0 radical (unpaired) electrons. The average Bonchev–Trinajstić information content (AvgIpc) is 1.85. The minimum absolute atomic E-state index is 0.199. The van der Waals surface area contributed by atoms with E-state index in [1.54, 1.807) is 12.1 Å². The van der Waals surface area contributed by atoms with E-state index in [2.05, 4.69) is 5.32 Å². The highest BCUT2D eigenvalue weighted by Gasteiger charge is 1.95. The first-order valence-corrected chi connectivity index (χ1v) is 3.21. The van der Waals surface area contributed by atoms with Crippen LogP contribution < -0.4 is 5.32 Å². The van der Waals surface area contributed by atoms with Crippen LogP contribution in [0.1, 0.15) is 6.92 Å². The molecule has 11 heavy (non-hydrogen) atoms. The first-order valence-electron chi connectivity index (χ1n) is 3.21. The third-order valence-corrected chi connectivity index (χ3v) is 1.14. The van der Waals surface area contributed by atoms with Crippen molar-refractivity contribution in [1.29, 1.82) is 0 Å². The van der Waals surface area contributed by atoms with E-state index in [4.69, 9.17) is 0 Å². The minimum atomic E-state index is -0.351. The van der Waals surface area contributed by atoms with Crippen molar-refractivity contribution in [2.75, 3.05) is 5.32 Å². The van der Waals surface area contributed by atoms with Crippen LogP contribution in [0.3, 0.4) is 0 Å². The van der Waals surface area contributed by atoms with Crippen molar-refractivity contribution in [2.45, 2.75) is 6.92 Å². The van der Waals surface area contributed by atoms with E-state index in [0.717, 1.165) is 0 Å². The van der Waals surface area contributed by atoms with Gasteiger partial charge in [0.05, 0.1) is 0 Å². The zero-order chi connectivity index (χ0) is 8.27. The van der Waals surface area contributed by atoms with Crippen molar-refractivity contribution in [2.24, 2.45) is 0 Å². The van der Waals surface area contributed by atoms with Crippen LogP contribution in [0.15, 0.2) is 24.3 Å². The fourth-order valence-corrected chi connectivity index (χ4v) is 0.769. The molecule has 0 aliphatic rings. The van der Waals surface area contributed by atoms with E-state index in [9.17, 15) is 9.18 Å². The van der Waals surface area contributed by atoms with Gasteiger partial charge in [0.15, 0.2) is 0 Å². The molecule has 1 rings (SSSR count). The van der Waals surface area contributed by atoms with E-state index in [-0.39, 0.29) is 11.7 Å². The van der Waals surface area contributed by atoms with E-state index in [0.29, 0.717) is 5.69 Å². The second kappa shape index (κ2) is 3.14. The highest BCUT2D eigenvalue weighted by molar-refractivity contribution is 5.88. The van der Waals surface area contributed by atoms with Crippen molar-refractivity contribution < 1.29 is 9.18 Å². The minimum Gasteiger partial charge on any atom is -0.326 e. The smallest absolute Gasteiger partial charge is 0.221 e. The number of halogens is 1.